The third kappa shape index (κ3) is 2.49. The highest BCUT2D eigenvalue weighted by Gasteiger charge is 2.17. The molecule has 0 spiro atoms. The molecule has 0 saturated carbocycles. The number of nitrogens with two attached hydrogens (primary N) is 1. The maximum atomic E-state index is 5.71. The molecule has 2 N–H and O–H groups in total. The summed E-state index contributed by atoms with van der Waals surface area (Å²) < 4.78 is 10.8. The van der Waals surface area contributed by atoms with Crippen LogP contribution in [-0.2, 0) is 6.54 Å². The summed E-state index contributed by atoms with van der Waals surface area (Å²) in [6.45, 7) is 6.73. The van der Waals surface area contributed by atoms with Crippen LogP contribution in [0, 0.1) is 6.92 Å². The molecule has 0 aliphatic heterocycles. The van der Waals surface area contributed by atoms with Crippen molar-refractivity contribution in [2.45, 2.75) is 33.2 Å². The van der Waals surface area contributed by atoms with Gasteiger partial charge in [0.2, 0.25) is 0 Å². The number of rotatable bonds is 4. The molecule has 0 atom stereocenters. The Morgan fingerprint density at radius 1 is 1.37 bits per heavy atom. The minimum absolute atomic E-state index is 0.374. The molecule has 4 heteroatoms. The monoisotopic (exact) mass is 260 g/mol. The number of methoxy groups -OCH3 is 1. The van der Waals surface area contributed by atoms with Crippen LogP contribution in [0.2, 0.25) is 0 Å². The molecule has 0 radical (unpaired) electrons. The Bertz CT molecular complexity index is 574. The van der Waals surface area contributed by atoms with Gasteiger partial charge in [-0.15, -0.1) is 0 Å². The molecule has 0 aliphatic carbocycles. The van der Waals surface area contributed by atoms with Crippen LogP contribution in [0.15, 0.2) is 22.9 Å². The molecule has 4 nitrogen and oxygen atoms in total. The fourth-order valence-electron chi connectivity index (χ4n) is 2.20. The number of ether oxygens (including phenoxy) is 1. The first-order chi connectivity index (χ1) is 9.08. The van der Waals surface area contributed by atoms with Crippen molar-refractivity contribution >= 4 is 0 Å². The molecular weight excluding hydrogens is 240 g/mol. The Morgan fingerprint density at radius 2 is 2.11 bits per heavy atom. The highest BCUT2D eigenvalue weighted by Crippen LogP contribution is 2.35. The number of aromatic nitrogens is 1. The molecule has 19 heavy (non-hydrogen) atoms. The Hall–Kier alpha value is -1.81. The first-order valence-corrected chi connectivity index (χ1v) is 6.41. The SMILES string of the molecule is COc1cc(C)c(-c2oncc2CN)cc1C(C)C. The van der Waals surface area contributed by atoms with Crippen LogP contribution in [0.5, 0.6) is 5.75 Å². The van der Waals surface area contributed by atoms with Gasteiger partial charge in [-0.25, -0.2) is 0 Å². The lowest BCUT2D eigenvalue weighted by atomic mass is 9.94. The van der Waals surface area contributed by atoms with E-state index in [1.54, 1.807) is 13.3 Å². The van der Waals surface area contributed by atoms with Gasteiger partial charge in [-0.1, -0.05) is 19.0 Å². The summed E-state index contributed by atoms with van der Waals surface area (Å²) >= 11 is 0. The second-order valence-corrected chi connectivity index (χ2v) is 4.95. The molecule has 1 aromatic heterocycles. The van der Waals surface area contributed by atoms with Crippen LogP contribution in [-0.4, -0.2) is 12.3 Å². The first-order valence-electron chi connectivity index (χ1n) is 6.41. The average Bonchev–Trinajstić information content (AvgIpc) is 2.85. The molecule has 0 aliphatic rings. The first kappa shape index (κ1) is 13.6. The molecule has 0 unspecified atom stereocenters. The predicted molar refractivity (Wildman–Crippen MR) is 75.2 cm³/mol. The van der Waals surface area contributed by atoms with Crippen LogP contribution in [0.3, 0.4) is 0 Å². The third-order valence-electron chi connectivity index (χ3n) is 3.31. The number of benzene rings is 1. The molecule has 0 bridgehead atoms. The molecule has 2 aromatic rings. The zero-order chi connectivity index (χ0) is 14.0. The van der Waals surface area contributed by atoms with E-state index in [-0.39, 0.29) is 0 Å². The summed E-state index contributed by atoms with van der Waals surface area (Å²) in [4.78, 5) is 0. The van der Waals surface area contributed by atoms with Crippen molar-refractivity contribution in [3.8, 4) is 17.1 Å². The lowest BCUT2D eigenvalue weighted by molar-refractivity contribution is 0.407. The van der Waals surface area contributed by atoms with E-state index in [4.69, 9.17) is 15.0 Å². The van der Waals surface area contributed by atoms with Gasteiger partial charge in [0.25, 0.3) is 0 Å². The second kappa shape index (κ2) is 5.45. The molecule has 1 heterocycles. The topological polar surface area (TPSA) is 61.3 Å². The Kier molecular flexibility index (Phi) is 3.90. The highest BCUT2D eigenvalue weighted by atomic mass is 16.5. The molecule has 0 fully saturated rings. The molecule has 1 aromatic carbocycles. The van der Waals surface area contributed by atoms with Crippen molar-refractivity contribution in [1.29, 1.82) is 0 Å². The molecule has 0 amide bonds. The Labute approximate surface area is 113 Å². The van der Waals surface area contributed by atoms with E-state index in [1.807, 2.05) is 13.0 Å². The smallest absolute Gasteiger partial charge is 0.171 e. The van der Waals surface area contributed by atoms with Crippen LogP contribution in [0.25, 0.3) is 11.3 Å². The highest BCUT2D eigenvalue weighted by molar-refractivity contribution is 5.68. The molecule has 2 rings (SSSR count). The molecule has 102 valence electrons. The molecular formula is C15H20N2O2. The van der Waals surface area contributed by atoms with Gasteiger partial charge < -0.3 is 15.0 Å². The van der Waals surface area contributed by atoms with Gasteiger partial charge in [-0.05, 0) is 36.1 Å². The van der Waals surface area contributed by atoms with Crippen LogP contribution in [0.4, 0.5) is 0 Å². The van der Waals surface area contributed by atoms with Crippen molar-refractivity contribution in [3.05, 3.63) is 35.0 Å². The maximum absolute atomic E-state index is 5.71. The van der Waals surface area contributed by atoms with Crippen LogP contribution < -0.4 is 10.5 Å². The summed E-state index contributed by atoms with van der Waals surface area (Å²) in [6, 6.07) is 4.14. The van der Waals surface area contributed by atoms with Crippen LogP contribution in [0.1, 0.15) is 36.5 Å². The summed E-state index contributed by atoms with van der Waals surface area (Å²) in [6.07, 6.45) is 1.67. The van der Waals surface area contributed by atoms with Gasteiger partial charge in [0.05, 0.1) is 13.3 Å². The quantitative estimate of drug-likeness (QED) is 0.916. The predicted octanol–water partition coefficient (Wildman–Crippen LogP) is 3.24. The Morgan fingerprint density at radius 3 is 2.68 bits per heavy atom. The van der Waals surface area contributed by atoms with Crippen molar-refractivity contribution in [2.24, 2.45) is 5.73 Å². The normalized spacial score (nSPS) is 11.1. The third-order valence-corrected chi connectivity index (χ3v) is 3.31. The lowest BCUT2D eigenvalue weighted by Crippen LogP contribution is -1.99. The van der Waals surface area contributed by atoms with Gasteiger partial charge in [-0.2, -0.15) is 0 Å². The van der Waals surface area contributed by atoms with Gasteiger partial charge in [0.15, 0.2) is 5.76 Å². The van der Waals surface area contributed by atoms with E-state index in [2.05, 4.69) is 25.1 Å². The van der Waals surface area contributed by atoms with Crippen molar-refractivity contribution in [2.75, 3.05) is 7.11 Å². The molecule has 0 saturated heterocycles. The minimum Gasteiger partial charge on any atom is -0.496 e. The zero-order valence-electron chi connectivity index (χ0n) is 11.9. The fraction of sp³-hybridized carbons (Fsp3) is 0.400. The van der Waals surface area contributed by atoms with E-state index >= 15 is 0 Å². The van der Waals surface area contributed by atoms with Gasteiger partial charge in [-0.3, -0.25) is 0 Å². The van der Waals surface area contributed by atoms with Gasteiger partial charge >= 0.3 is 0 Å². The summed E-state index contributed by atoms with van der Waals surface area (Å²) in [7, 11) is 1.69. The average molecular weight is 260 g/mol. The standard InChI is InChI=1S/C15H20N2O2/c1-9(2)12-6-13(10(3)5-14(12)18-4)15-11(7-16)8-17-19-15/h5-6,8-9H,7,16H2,1-4H3. The van der Waals surface area contributed by atoms with Crippen molar-refractivity contribution < 1.29 is 9.26 Å². The number of nitrogens with zero attached hydrogens (tertiary/aromatic N) is 1. The van der Waals surface area contributed by atoms with E-state index in [9.17, 15) is 0 Å². The summed E-state index contributed by atoms with van der Waals surface area (Å²) in [5.74, 6) is 2.04. The Balaban J connectivity index is 2.61. The van der Waals surface area contributed by atoms with Crippen molar-refractivity contribution in [1.82, 2.24) is 5.16 Å². The second-order valence-electron chi connectivity index (χ2n) is 4.95. The summed E-state index contributed by atoms with van der Waals surface area (Å²) in [5, 5.41) is 3.84. The van der Waals surface area contributed by atoms with Crippen molar-refractivity contribution in [3.63, 3.8) is 0 Å². The largest absolute Gasteiger partial charge is 0.496 e. The van der Waals surface area contributed by atoms with E-state index in [0.29, 0.717) is 12.5 Å². The van der Waals surface area contributed by atoms with E-state index in [0.717, 1.165) is 33.8 Å². The van der Waals surface area contributed by atoms with Gasteiger partial charge in [0, 0.05) is 17.7 Å². The van der Waals surface area contributed by atoms with Gasteiger partial charge in [0.1, 0.15) is 5.75 Å². The minimum atomic E-state index is 0.374. The van der Waals surface area contributed by atoms with E-state index in [1.165, 1.54) is 0 Å². The number of aryl methyl sites for hydroxylation is 1. The number of hydrogen-bond acceptors (Lipinski definition) is 4. The summed E-state index contributed by atoms with van der Waals surface area (Å²) in [5.41, 5.74) is 9.91. The zero-order valence-corrected chi connectivity index (χ0v) is 11.9. The maximum Gasteiger partial charge on any atom is 0.171 e. The van der Waals surface area contributed by atoms with Crippen LogP contribution >= 0.6 is 0 Å². The lowest BCUT2D eigenvalue weighted by Gasteiger charge is -2.15. The number of hydrogen-bond donors (Lipinski definition) is 1. The fourth-order valence-corrected chi connectivity index (χ4v) is 2.20. The van der Waals surface area contributed by atoms with E-state index < -0.39 is 0 Å².